The lowest BCUT2D eigenvalue weighted by Crippen LogP contribution is -2.28. The normalized spacial score (nSPS) is 12.6. The van der Waals surface area contributed by atoms with Crippen LogP contribution in [0.1, 0.15) is 37.9 Å². The van der Waals surface area contributed by atoms with Crippen molar-refractivity contribution in [2.24, 2.45) is 0 Å². The monoisotopic (exact) mass is 264 g/mol. The van der Waals surface area contributed by atoms with Crippen molar-refractivity contribution < 1.29 is 9.90 Å². The van der Waals surface area contributed by atoms with Gasteiger partial charge in [-0.2, -0.15) is 0 Å². The molecular formula is C15H24N2O2. The van der Waals surface area contributed by atoms with Gasteiger partial charge in [-0.05, 0) is 30.8 Å². The van der Waals surface area contributed by atoms with E-state index in [1.807, 2.05) is 31.2 Å². The van der Waals surface area contributed by atoms with Crippen LogP contribution in [0.25, 0.3) is 0 Å². The highest BCUT2D eigenvalue weighted by molar-refractivity contribution is 5.75. The van der Waals surface area contributed by atoms with E-state index in [1.54, 1.807) is 0 Å². The van der Waals surface area contributed by atoms with Crippen molar-refractivity contribution in [1.82, 2.24) is 10.2 Å². The number of rotatable bonds is 8. The number of aliphatic carboxylic acids is 1. The first-order valence-electron chi connectivity index (χ1n) is 6.89. The van der Waals surface area contributed by atoms with E-state index in [4.69, 9.17) is 0 Å². The molecule has 1 unspecified atom stereocenters. The Labute approximate surface area is 115 Å². The molecule has 1 aromatic carbocycles. The fourth-order valence-corrected chi connectivity index (χ4v) is 2.07. The van der Waals surface area contributed by atoms with Crippen LogP contribution in [0.2, 0.25) is 0 Å². The quantitative estimate of drug-likeness (QED) is 0.756. The molecule has 0 spiro atoms. The van der Waals surface area contributed by atoms with E-state index >= 15 is 0 Å². The first-order valence-corrected chi connectivity index (χ1v) is 6.89. The highest BCUT2D eigenvalue weighted by Crippen LogP contribution is 2.15. The smallest absolute Gasteiger partial charge is 0.325 e. The van der Waals surface area contributed by atoms with Gasteiger partial charge in [0.05, 0.1) is 0 Å². The number of hydrogen-bond donors (Lipinski definition) is 2. The zero-order valence-corrected chi connectivity index (χ0v) is 12.0. The SMILES string of the molecule is CCNC(C(=O)O)c1ccc(CN(CC)CC)cc1. The Kier molecular flexibility index (Phi) is 6.53. The molecule has 0 aliphatic carbocycles. The second-order valence-electron chi connectivity index (χ2n) is 4.53. The van der Waals surface area contributed by atoms with Gasteiger partial charge >= 0.3 is 5.97 Å². The minimum Gasteiger partial charge on any atom is -0.480 e. The van der Waals surface area contributed by atoms with Crippen molar-refractivity contribution >= 4 is 5.97 Å². The van der Waals surface area contributed by atoms with Crippen LogP contribution >= 0.6 is 0 Å². The van der Waals surface area contributed by atoms with Gasteiger partial charge in [0.15, 0.2) is 0 Å². The number of carbonyl (C=O) groups is 1. The van der Waals surface area contributed by atoms with Gasteiger partial charge in [0.25, 0.3) is 0 Å². The summed E-state index contributed by atoms with van der Waals surface area (Å²) in [7, 11) is 0. The molecule has 4 heteroatoms. The molecule has 0 radical (unpaired) electrons. The molecule has 0 saturated carbocycles. The molecule has 0 aromatic heterocycles. The first-order chi connectivity index (χ1) is 9.12. The standard InChI is InChI=1S/C15H24N2O2/c1-4-16-14(15(18)19)13-9-7-12(8-10-13)11-17(5-2)6-3/h7-10,14,16H,4-6,11H2,1-3H3,(H,18,19). The Morgan fingerprint density at radius 2 is 1.79 bits per heavy atom. The predicted molar refractivity (Wildman–Crippen MR) is 77.1 cm³/mol. The van der Waals surface area contributed by atoms with Crippen LogP contribution in [-0.4, -0.2) is 35.6 Å². The van der Waals surface area contributed by atoms with Crippen molar-refractivity contribution in [3.05, 3.63) is 35.4 Å². The molecule has 1 rings (SSSR count). The van der Waals surface area contributed by atoms with E-state index in [1.165, 1.54) is 5.56 Å². The maximum Gasteiger partial charge on any atom is 0.325 e. The molecule has 4 nitrogen and oxygen atoms in total. The fraction of sp³-hybridized carbons (Fsp3) is 0.533. The molecule has 0 amide bonds. The van der Waals surface area contributed by atoms with Crippen LogP contribution in [0.5, 0.6) is 0 Å². The summed E-state index contributed by atoms with van der Waals surface area (Å²) in [5.74, 6) is -0.835. The summed E-state index contributed by atoms with van der Waals surface area (Å²) in [5, 5.41) is 12.1. The average molecular weight is 264 g/mol. The van der Waals surface area contributed by atoms with Gasteiger partial charge in [0, 0.05) is 6.54 Å². The zero-order valence-electron chi connectivity index (χ0n) is 12.0. The third-order valence-electron chi connectivity index (χ3n) is 3.27. The van der Waals surface area contributed by atoms with Gasteiger partial charge in [-0.3, -0.25) is 9.69 Å². The van der Waals surface area contributed by atoms with E-state index in [0.29, 0.717) is 6.54 Å². The molecule has 0 heterocycles. The van der Waals surface area contributed by atoms with Crippen LogP contribution < -0.4 is 5.32 Å². The molecule has 0 aliphatic rings. The second kappa shape index (κ2) is 7.92. The van der Waals surface area contributed by atoms with Crippen LogP contribution in [0.3, 0.4) is 0 Å². The van der Waals surface area contributed by atoms with Gasteiger partial charge in [0.1, 0.15) is 6.04 Å². The van der Waals surface area contributed by atoms with Gasteiger partial charge in [-0.15, -0.1) is 0 Å². The molecule has 0 bridgehead atoms. The molecule has 19 heavy (non-hydrogen) atoms. The van der Waals surface area contributed by atoms with Crippen LogP contribution in [-0.2, 0) is 11.3 Å². The Balaban J connectivity index is 2.77. The lowest BCUT2D eigenvalue weighted by Gasteiger charge is -2.19. The van der Waals surface area contributed by atoms with Crippen molar-refractivity contribution in [3.63, 3.8) is 0 Å². The van der Waals surface area contributed by atoms with Gasteiger partial charge in [-0.25, -0.2) is 0 Å². The zero-order chi connectivity index (χ0) is 14.3. The van der Waals surface area contributed by atoms with Crippen molar-refractivity contribution in [3.8, 4) is 0 Å². The van der Waals surface area contributed by atoms with Crippen LogP contribution in [0.15, 0.2) is 24.3 Å². The fourth-order valence-electron chi connectivity index (χ4n) is 2.07. The number of hydrogen-bond acceptors (Lipinski definition) is 3. The lowest BCUT2D eigenvalue weighted by atomic mass is 10.0. The molecule has 0 aliphatic heterocycles. The number of nitrogens with zero attached hydrogens (tertiary/aromatic N) is 1. The van der Waals surface area contributed by atoms with Crippen LogP contribution in [0, 0.1) is 0 Å². The molecule has 1 aromatic rings. The molecule has 106 valence electrons. The van der Waals surface area contributed by atoms with E-state index < -0.39 is 12.0 Å². The van der Waals surface area contributed by atoms with Gasteiger partial charge in [0.2, 0.25) is 0 Å². The number of likely N-dealkylation sites (N-methyl/N-ethyl adjacent to an activating group) is 1. The number of nitrogens with one attached hydrogen (secondary N) is 1. The number of benzene rings is 1. The van der Waals surface area contributed by atoms with Crippen molar-refractivity contribution in [2.45, 2.75) is 33.4 Å². The predicted octanol–water partition coefficient (Wildman–Crippen LogP) is 2.26. The number of carboxylic acid groups (broad SMARTS) is 1. The van der Waals surface area contributed by atoms with Gasteiger partial charge in [-0.1, -0.05) is 45.0 Å². The summed E-state index contributed by atoms with van der Waals surface area (Å²) in [6.45, 7) is 9.78. The van der Waals surface area contributed by atoms with E-state index in [9.17, 15) is 9.90 Å². The van der Waals surface area contributed by atoms with E-state index in [2.05, 4.69) is 24.1 Å². The third-order valence-corrected chi connectivity index (χ3v) is 3.27. The summed E-state index contributed by atoms with van der Waals surface area (Å²) in [4.78, 5) is 13.5. The third kappa shape index (κ3) is 4.65. The largest absolute Gasteiger partial charge is 0.480 e. The maximum atomic E-state index is 11.2. The minimum atomic E-state index is -0.835. The topological polar surface area (TPSA) is 52.6 Å². The molecular weight excluding hydrogens is 240 g/mol. The lowest BCUT2D eigenvalue weighted by molar-refractivity contribution is -0.139. The highest BCUT2D eigenvalue weighted by Gasteiger charge is 2.17. The van der Waals surface area contributed by atoms with E-state index in [-0.39, 0.29) is 0 Å². The second-order valence-corrected chi connectivity index (χ2v) is 4.53. The highest BCUT2D eigenvalue weighted by atomic mass is 16.4. The number of carboxylic acids is 1. The van der Waals surface area contributed by atoms with E-state index in [0.717, 1.165) is 25.2 Å². The summed E-state index contributed by atoms with van der Waals surface area (Å²) >= 11 is 0. The molecule has 1 atom stereocenters. The molecule has 0 fully saturated rings. The Bertz CT molecular complexity index is 386. The van der Waals surface area contributed by atoms with Crippen molar-refractivity contribution in [1.29, 1.82) is 0 Å². The summed E-state index contributed by atoms with van der Waals surface area (Å²) in [6, 6.07) is 7.22. The minimum absolute atomic E-state index is 0.618. The van der Waals surface area contributed by atoms with Crippen LogP contribution in [0.4, 0.5) is 0 Å². The van der Waals surface area contributed by atoms with Gasteiger partial charge < -0.3 is 10.4 Å². The van der Waals surface area contributed by atoms with Crippen molar-refractivity contribution in [2.75, 3.05) is 19.6 Å². The molecule has 0 saturated heterocycles. The average Bonchev–Trinajstić information content (AvgIpc) is 2.42. The first kappa shape index (κ1) is 15.7. The maximum absolute atomic E-state index is 11.2. The Hall–Kier alpha value is -1.39. The Morgan fingerprint density at radius 3 is 2.21 bits per heavy atom. The summed E-state index contributed by atoms with van der Waals surface area (Å²) in [5.41, 5.74) is 2.02. The summed E-state index contributed by atoms with van der Waals surface area (Å²) < 4.78 is 0. The molecule has 2 N–H and O–H groups in total. The Morgan fingerprint density at radius 1 is 1.21 bits per heavy atom. The summed E-state index contributed by atoms with van der Waals surface area (Å²) in [6.07, 6.45) is 0.